The van der Waals surface area contributed by atoms with Gasteiger partial charge in [-0.1, -0.05) is 70.1 Å². The fourth-order valence-corrected chi connectivity index (χ4v) is 3.19. The zero-order valence-electron chi connectivity index (χ0n) is 10.5. The summed E-state index contributed by atoms with van der Waals surface area (Å²) in [6.45, 7) is 1.94. The summed E-state index contributed by atoms with van der Waals surface area (Å²) in [6, 6.07) is 5.59. The zero-order valence-corrected chi connectivity index (χ0v) is 14.3. The molecule has 2 aromatic carbocycles. The van der Waals surface area contributed by atoms with Crippen LogP contribution in [0, 0.1) is 6.92 Å². The van der Waals surface area contributed by atoms with E-state index in [0.717, 1.165) is 16.9 Å². The molecule has 0 N–H and O–H groups in total. The van der Waals surface area contributed by atoms with Crippen molar-refractivity contribution in [3.63, 3.8) is 0 Å². The maximum atomic E-state index is 6.25. The van der Waals surface area contributed by atoms with E-state index in [0.29, 0.717) is 5.56 Å². The topological polar surface area (TPSA) is 9.23 Å². The van der Waals surface area contributed by atoms with Crippen molar-refractivity contribution in [2.75, 3.05) is 7.11 Å². The van der Waals surface area contributed by atoms with Crippen LogP contribution in [0.5, 0.6) is 5.75 Å². The molecule has 106 valence electrons. The summed E-state index contributed by atoms with van der Waals surface area (Å²) in [5, 5.41) is 1.02. The van der Waals surface area contributed by atoms with E-state index in [4.69, 9.17) is 62.7 Å². The fourth-order valence-electron chi connectivity index (χ4n) is 1.83. The van der Waals surface area contributed by atoms with Gasteiger partial charge in [0.15, 0.2) is 0 Å². The highest BCUT2D eigenvalue weighted by Crippen LogP contribution is 2.48. The average molecular weight is 370 g/mol. The molecule has 0 atom stereocenters. The highest BCUT2D eigenvalue weighted by atomic mass is 35.5. The largest absolute Gasteiger partial charge is 0.496 e. The molecule has 0 bridgehead atoms. The second-order valence-corrected chi connectivity index (χ2v) is 6.02. The van der Waals surface area contributed by atoms with Gasteiger partial charge in [-0.15, -0.1) is 0 Å². The van der Waals surface area contributed by atoms with E-state index in [1.807, 2.05) is 25.1 Å². The first-order valence-corrected chi connectivity index (χ1v) is 7.44. The maximum Gasteiger partial charge on any atom is 0.122 e. The zero-order chi connectivity index (χ0) is 15.0. The molecule has 0 radical (unpaired) electrons. The third kappa shape index (κ3) is 2.70. The Balaban J connectivity index is 2.76. The summed E-state index contributed by atoms with van der Waals surface area (Å²) >= 11 is 30.6. The van der Waals surface area contributed by atoms with Gasteiger partial charge in [-0.05, 0) is 24.1 Å². The smallest absolute Gasteiger partial charge is 0.122 e. The van der Waals surface area contributed by atoms with Crippen molar-refractivity contribution in [3.05, 3.63) is 48.9 Å². The summed E-state index contributed by atoms with van der Waals surface area (Å²) in [7, 11) is 1.59. The average Bonchev–Trinajstić information content (AvgIpc) is 2.45. The van der Waals surface area contributed by atoms with Gasteiger partial charge in [0.2, 0.25) is 0 Å². The third-order valence-electron chi connectivity index (χ3n) is 2.91. The van der Waals surface area contributed by atoms with Crippen molar-refractivity contribution in [1.82, 2.24) is 0 Å². The van der Waals surface area contributed by atoms with Crippen LogP contribution in [0.15, 0.2) is 18.2 Å². The van der Waals surface area contributed by atoms with Gasteiger partial charge in [-0.3, -0.25) is 0 Å². The lowest BCUT2D eigenvalue weighted by atomic mass is 10.0. The van der Waals surface area contributed by atoms with Gasteiger partial charge in [0.25, 0.3) is 0 Å². The van der Waals surface area contributed by atoms with Crippen LogP contribution in [-0.4, -0.2) is 7.11 Å². The van der Waals surface area contributed by atoms with Gasteiger partial charge >= 0.3 is 0 Å². The predicted molar refractivity (Wildman–Crippen MR) is 88.2 cm³/mol. The predicted octanol–water partition coefficient (Wildman–Crippen LogP) is 6.94. The number of hydrogen-bond donors (Lipinski definition) is 0. The summed E-state index contributed by atoms with van der Waals surface area (Å²) in [5.74, 6) is 0.719. The van der Waals surface area contributed by atoms with Crippen LogP contribution >= 0.6 is 58.0 Å². The van der Waals surface area contributed by atoms with Gasteiger partial charge in [0, 0.05) is 5.56 Å². The lowest BCUT2D eigenvalue weighted by Gasteiger charge is -2.14. The molecule has 20 heavy (non-hydrogen) atoms. The van der Waals surface area contributed by atoms with E-state index in [1.165, 1.54) is 0 Å². The molecular weight excluding hydrogens is 361 g/mol. The van der Waals surface area contributed by atoms with E-state index in [1.54, 1.807) is 7.11 Å². The lowest BCUT2D eigenvalue weighted by Crippen LogP contribution is -1.90. The van der Waals surface area contributed by atoms with Crippen molar-refractivity contribution in [3.8, 4) is 16.9 Å². The number of ether oxygens (including phenoxy) is 1. The van der Waals surface area contributed by atoms with Gasteiger partial charge < -0.3 is 4.74 Å². The first-order valence-electron chi connectivity index (χ1n) is 5.55. The van der Waals surface area contributed by atoms with E-state index in [2.05, 4.69) is 0 Å². The molecule has 0 aliphatic carbocycles. The monoisotopic (exact) mass is 368 g/mol. The van der Waals surface area contributed by atoms with Crippen molar-refractivity contribution in [2.24, 2.45) is 0 Å². The third-order valence-corrected chi connectivity index (χ3v) is 5.18. The summed E-state index contributed by atoms with van der Waals surface area (Å²) < 4.78 is 5.29. The number of rotatable bonds is 2. The van der Waals surface area contributed by atoms with E-state index in [9.17, 15) is 0 Å². The normalized spacial score (nSPS) is 10.8. The van der Waals surface area contributed by atoms with Gasteiger partial charge in [0.1, 0.15) is 5.75 Å². The van der Waals surface area contributed by atoms with Crippen LogP contribution in [0.25, 0.3) is 11.1 Å². The summed E-state index contributed by atoms with van der Waals surface area (Å²) in [4.78, 5) is 0. The molecule has 0 fully saturated rings. The minimum absolute atomic E-state index is 0.145. The van der Waals surface area contributed by atoms with Crippen LogP contribution in [0.2, 0.25) is 25.1 Å². The number of methoxy groups -OCH3 is 1. The molecule has 0 aliphatic rings. The number of halogens is 5. The van der Waals surface area contributed by atoms with Gasteiger partial charge in [0.05, 0.1) is 32.2 Å². The molecule has 2 rings (SSSR count). The van der Waals surface area contributed by atoms with Crippen LogP contribution in [0.3, 0.4) is 0 Å². The second kappa shape index (κ2) is 6.21. The Kier molecular flexibility index (Phi) is 4.99. The van der Waals surface area contributed by atoms with Crippen LogP contribution in [0.1, 0.15) is 5.56 Å². The molecule has 0 heterocycles. The first-order chi connectivity index (χ1) is 9.38. The summed E-state index contributed by atoms with van der Waals surface area (Å²) in [5.41, 5.74) is 2.28. The molecule has 0 saturated heterocycles. The first kappa shape index (κ1) is 16.1. The van der Waals surface area contributed by atoms with Gasteiger partial charge in [-0.2, -0.15) is 0 Å². The molecule has 0 aliphatic heterocycles. The van der Waals surface area contributed by atoms with Crippen molar-refractivity contribution < 1.29 is 4.74 Å². The number of hydrogen-bond acceptors (Lipinski definition) is 1. The van der Waals surface area contributed by atoms with Crippen LogP contribution < -0.4 is 4.74 Å². The maximum absolute atomic E-state index is 6.25. The van der Waals surface area contributed by atoms with Crippen molar-refractivity contribution >= 4 is 58.0 Å². The molecule has 0 unspecified atom stereocenters. The van der Waals surface area contributed by atoms with E-state index < -0.39 is 0 Å². The SMILES string of the molecule is COc1cc(-c2c(Cl)c(Cl)c(Cl)c(Cl)c2Cl)ccc1C. The Morgan fingerprint density at radius 2 is 1.30 bits per heavy atom. The lowest BCUT2D eigenvalue weighted by molar-refractivity contribution is 0.412. The minimum Gasteiger partial charge on any atom is -0.496 e. The Labute approximate surface area is 142 Å². The van der Waals surface area contributed by atoms with Crippen molar-refractivity contribution in [1.29, 1.82) is 0 Å². The molecule has 2 aromatic rings. The second-order valence-electron chi connectivity index (χ2n) is 4.13. The van der Waals surface area contributed by atoms with Crippen LogP contribution in [-0.2, 0) is 0 Å². The highest BCUT2D eigenvalue weighted by molar-refractivity contribution is 6.56. The molecule has 0 spiro atoms. The van der Waals surface area contributed by atoms with Gasteiger partial charge in [-0.25, -0.2) is 0 Å². The Morgan fingerprint density at radius 1 is 0.800 bits per heavy atom. The highest BCUT2D eigenvalue weighted by Gasteiger charge is 2.20. The molecule has 0 aromatic heterocycles. The Morgan fingerprint density at radius 3 is 1.80 bits per heavy atom. The quantitative estimate of drug-likeness (QED) is 0.411. The molecule has 1 nitrogen and oxygen atoms in total. The van der Waals surface area contributed by atoms with Crippen molar-refractivity contribution in [2.45, 2.75) is 6.92 Å². The fraction of sp³-hybridized carbons (Fsp3) is 0.143. The molecule has 0 amide bonds. The Bertz CT molecular complexity index is 653. The molecule has 6 heteroatoms. The van der Waals surface area contributed by atoms with Crippen LogP contribution in [0.4, 0.5) is 0 Å². The van der Waals surface area contributed by atoms with E-state index >= 15 is 0 Å². The van der Waals surface area contributed by atoms with E-state index in [-0.39, 0.29) is 25.1 Å². The minimum atomic E-state index is 0.145. The number of aryl methyl sites for hydroxylation is 1. The Hall–Kier alpha value is -0.310. The molecule has 0 saturated carbocycles. The molecular formula is C14H9Cl5O. The number of benzene rings is 2. The summed E-state index contributed by atoms with van der Waals surface area (Å²) in [6.07, 6.45) is 0. The standard InChI is InChI=1S/C14H9Cl5O/c1-6-3-4-7(5-8(6)20-2)9-10(15)12(17)14(19)13(18)11(9)16/h3-5H,1-2H3.